The van der Waals surface area contributed by atoms with Crippen molar-refractivity contribution in [2.75, 3.05) is 24.6 Å². The van der Waals surface area contributed by atoms with Gasteiger partial charge in [0, 0.05) is 12.0 Å². The summed E-state index contributed by atoms with van der Waals surface area (Å²) in [7, 11) is 0. The highest BCUT2D eigenvalue weighted by Crippen LogP contribution is 2.12. The Kier molecular flexibility index (Phi) is 6.88. The number of carbonyl (C=O) groups excluding carboxylic acids is 1. The second-order valence-electron chi connectivity index (χ2n) is 4.42. The van der Waals surface area contributed by atoms with Gasteiger partial charge in [0.25, 0.3) is 0 Å². The first kappa shape index (κ1) is 13.8. The van der Waals surface area contributed by atoms with E-state index in [1.165, 1.54) is 0 Å². The van der Waals surface area contributed by atoms with Crippen molar-refractivity contribution in [1.82, 2.24) is 10.6 Å². The minimum Gasteiger partial charge on any atom is -0.353 e. The van der Waals surface area contributed by atoms with Gasteiger partial charge in [0.05, 0.1) is 0 Å². The molecule has 1 saturated heterocycles. The van der Waals surface area contributed by atoms with Crippen molar-refractivity contribution in [3.8, 4) is 0 Å². The lowest BCUT2D eigenvalue weighted by molar-refractivity contribution is -0.126. The maximum Gasteiger partial charge on any atom is 0.223 e. The number of nitrogens with one attached hydrogen (secondary N) is 2. The summed E-state index contributed by atoms with van der Waals surface area (Å²) >= 11 is 1.94. The molecule has 1 atom stereocenters. The molecule has 16 heavy (non-hydrogen) atoms. The smallest absolute Gasteiger partial charge is 0.223 e. The van der Waals surface area contributed by atoms with Gasteiger partial charge in [-0.2, -0.15) is 11.8 Å². The lowest BCUT2D eigenvalue weighted by Crippen LogP contribution is -2.41. The molecule has 1 amide bonds. The highest BCUT2D eigenvalue weighted by Gasteiger charge is 2.21. The molecule has 1 rings (SSSR count). The van der Waals surface area contributed by atoms with Crippen molar-refractivity contribution in [1.29, 1.82) is 0 Å². The molecule has 4 heteroatoms. The number of thioether (sulfide) groups is 1. The lowest BCUT2D eigenvalue weighted by Gasteiger charge is -2.23. The normalized spacial score (nSPS) is 19.4. The zero-order valence-electron chi connectivity index (χ0n) is 10.4. The van der Waals surface area contributed by atoms with Crippen LogP contribution in [-0.4, -0.2) is 36.5 Å². The van der Waals surface area contributed by atoms with Gasteiger partial charge in [-0.15, -0.1) is 0 Å². The van der Waals surface area contributed by atoms with E-state index in [1.54, 1.807) is 0 Å². The number of amides is 1. The number of hydrogen-bond acceptors (Lipinski definition) is 3. The Hall–Kier alpha value is -0.220. The molecule has 0 aromatic rings. The lowest BCUT2D eigenvalue weighted by atomic mass is 9.97. The van der Waals surface area contributed by atoms with Gasteiger partial charge in [-0.25, -0.2) is 0 Å². The number of carbonyl (C=O) groups is 1. The molecule has 3 nitrogen and oxygen atoms in total. The van der Waals surface area contributed by atoms with E-state index in [0.29, 0.717) is 6.04 Å². The van der Waals surface area contributed by atoms with Crippen molar-refractivity contribution in [3.05, 3.63) is 0 Å². The molecule has 0 aromatic carbocycles. The van der Waals surface area contributed by atoms with Gasteiger partial charge >= 0.3 is 0 Å². The third-order valence-electron chi connectivity index (χ3n) is 3.00. The second kappa shape index (κ2) is 7.96. The van der Waals surface area contributed by atoms with E-state index in [2.05, 4.69) is 24.5 Å². The van der Waals surface area contributed by atoms with Gasteiger partial charge in [0.2, 0.25) is 5.91 Å². The molecule has 0 aromatic heterocycles. The fourth-order valence-corrected chi connectivity index (χ4v) is 2.73. The first-order chi connectivity index (χ1) is 7.74. The van der Waals surface area contributed by atoms with Crippen LogP contribution < -0.4 is 10.6 Å². The van der Waals surface area contributed by atoms with Gasteiger partial charge in [-0.05, 0) is 50.8 Å². The van der Waals surface area contributed by atoms with Crippen LogP contribution in [0.15, 0.2) is 0 Å². The molecule has 1 heterocycles. The van der Waals surface area contributed by atoms with E-state index in [4.69, 9.17) is 0 Å². The Bertz CT molecular complexity index is 205. The van der Waals surface area contributed by atoms with E-state index in [0.717, 1.165) is 43.9 Å². The Labute approximate surface area is 103 Å². The monoisotopic (exact) mass is 244 g/mol. The van der Waals surface area contributed by atoms with Gasteiger partial charge in [-0.3, -0.25) is 4.79 Å². The molecule has 1 aliphatic rings. The molecule has 94 valence electrons. The van der Waals surface area contributed by atoms with E-state index in [-0.39, 0.29) is 11.8 Å². The average Bonchev–Trinajstić information content (AvgIpc) is 2.30. The van der Waals surface area contributed by atoms with E-state index >= 15 is 0 Å². The Morgan fingerprint density at radius 3 is 2.81 bits per heavy atom. The third kappa shape index (κ3) is 5.21. The molecule has 0 aliphatic carbocycles. The summed E-state index contributed by atoms with van der Waals surface area (Å²) in [5, 5.41) is 6.41. The topological polar surface area (TPSA) is 41.1 Å². The minimum atomic E-state index is 0.238. The summed E-state index contributed by atoms with van der Waals surface area (Å²) in [4.78, 5) is 11.9. The standard InChI is InChI=1S/C12H24N2OS/c1-3-16-9-6-10(2)14-12(15)11-4-7-13-8-5-11/h10-11,13H,3-9H2,1-2H3,(H,14,15). The Balaban J connectivity index is 2.16. The van der Waals surface area contributed by atoms with Crippen LogP contribution in [0.2, 0.25) is 0 Å². The quantitative estimate of drug-likeness (QED) is 0.698. The second-order valence-corrected chi connectivity index (χ2v) is 5.81. The number of rotatable bonds is 6. The number of piperidine rings is 1. The van der Waals surface area contributed by atoms with Crippen LogP contribution in [0.1, 0.15) is 33.1 Å². The fourth-order valence-electron chi connectivity index (χ4n) is 1.92. The van der Waals surface area contributed by atoms with Gasteiger partial charge in [-0.1, -0.05) is 6.92 Å². The zero-order chi connectivity index (χ0) is 11.8. The van der Waals surface area contributed by atoms with Crippen LogP contribution in [0.4, 0.5) is 0 Å². The van der Waals surface area contributed by atoms with Crippen LogP contribution in [0.5, 0.6) is 0 Å². The highest BCUT2D eigenvalue weighted by molar-refractivity contribution is 7.99. The van der Waals surface area contributed by atoms with Gasteiger partial charge in [0.15, 0.2) is 0 Å². The Morgan fingerprint density at radius 1 is 1.50 bits per heavy atom. The predicted octanol–water partition coefficient (Wildman–Crippen LogP) is 1.63. The Morgan fingerprint density at radius 2 is 2.19 bits per heavy atom. The van der Waals surface area contributed by atoms with Crippen LogP contribution in [0.3, 0.4) is 0 Å². The van der Waals surface area contributed by atoms with E-state index in [9.17, 15) is 4.79 Å². The van der Waals surface area contributed by atoms with Crippen LogP contribution in [0, 0.1) is 5.92 Å². The molecular formula is C12H24N2OS. The van der Waals surface area contributed by atoms with Crippen LogP contribution in [0.25, 0.3) is 0 Å². The van der Waals surface area contributed by atoms with Crippen molar-refractivity contribution in [2.24, 2.45) is 5.92 Å². The highest BCUT2D eigenvalue weighted by atomic mass is 32.2. The molecule has 0 bridgehead atoms. The molecule has 0 radical (unpaired) electrons. The summed E-state index contributed by atoms with van der Waals surface area (Å²) in [6, 6.07) is 0.321. The van der Waals surface area contributed by atoms with Crippen molar-refractivity contribution < 1.29 is 4.79 Å². The van der Waals surface area contributed by atoms with E-state index < -0.39 is 0 Å². The van der Waals surface area contributed by atoms with Gasteiger partial charge in [0.1, 0.15) is 0 Å². The zero-order valence-corrected chi connectivity index (χ0v) is 11.2. The van der Waals surface area contributed by atoms with Crippen molar-refractivity contribution in [3.63, 3.8) is 0 Å². The molecule has 0 spiro atoms. The maximum absolute atomic E-state index is 11.9. The summed E-state index contributed by atoms with van der Waals surface area (Å²) in [5.74, 6) is 2.80. The maximum atomic E-state index is 11.9. The van der Waals surface area contributed by atoms with Gasteiger partial charge < -0.3 is 10.6 Å². The minimum absolute atomic E-state index is 0.238. The van der Waals surface area contributed by atoms with Crippen LogP contribution >= 0.6 is 11.8 Å². The third-order valence-corrected chi connectivity index (χ3v) is 3.93. The predicted molar refractivity (Wildman–Crippen MR) is 70.8 cm³/mol. The molecule has 1 aliphatic heterocycles. The first-order valence-electron chi connectivity index (χ1n) is 6.33. The van der Waals surface area contributed by atoms with Crippen molar-refractivity contribution in [2.45, 2.75) is 39.2 Å². The van der Waals surface area contributed by atoms with E-state index in [1.807, 2.05) is 11.8 Å². The molecule has 1 fully saturated rings. The largest absolute Gasteiger partial charge is 0.353 e. The summed E-state index contributed by atoms with van der Waals surface area (Å²) in [6.45, 7) is 6.24. The van der Waals surface area contributed by atoms with Crippen molar-refractivity contribution >= 4 is 17.7 Å². The van der Waals surface area contributed by atoms with Crippen LogP contribution in [-0.2, 0) is 4.79 Å². The molecule has 0 saturated carbocycles. The summed E-state index contributed by atoms with van der Waals surface area (Å²) in [5.41, 5.74) is 0. The fraction of sp³-hybridized carbons (Fsp3) is 0.917. The average molecular weight is 244 g/mol. The first-order valence-corrected chi connectivity index (χ1v) is 7.48. The molecule has 2 N–H and O–H groups in total. The molecule has 1 unspecified atom stereocenters. The summed E-state index contributed by atoms with van der Waals surface area (Å²) < 4.78 is 0. The summed E-state index contributed by atoms with van der Waals surface area (Å²) in [6.07, 6.45) is 3.06. The SMILES string of the molecule is CCSCCC(C)NC(=O)C1CCNCC1. The molecular weight excluding hydrogens is 220 g/mol. The number of hydrogen-bond donors (Lipinski definition) is 2.